The van der Waals surface area contributed by atoms with E-state index in [-0.39, 0.29) is 5.41 Å². The van der Waals surface area contributed by atoms with Crippen molar-refractivity contribution in [2.75, 3.05) is 4.90 Å². The topological polar surface area (TPSA) is 51.1 Å². The summed E-state index contributed by atoms with van der Waals surface area (Å²) in [6.07, 6.45) is 8.50. The highest BCUT2D eigenvalue weighted by atomic mass is 32.2. The van der Waals surface area contributed by atoms with Crippen molar-refractivity contribution in [3.63, 3.8) is 0 Å². The molecule has 0 bridgehead atoms. The van der Waals surface area contributed by atoms with E-state index in [0.717, 1.165) is 69.2 Å². The predicted octanol–water partition coefficient (Wildman–Crippen LogP) is 11.3. The molecule has 6 heteroatoms. The molecule has 0 saturated carbocycles. The second-order valence-electron chi connectivity index (χ2n) is 12.7. The molecular formula is C42H32N4OS. The minimum Gasteiger partial charge on any atom is -0.454 e. The van der Waals surface area contributed by atoms with Gasteiger partial charge < -0.3 is 9.64 Å². The second-order valence-corrected chi connectivity index (χ2v) is 13.8. The van der Waals surface area contributed by atoms with Crippen molar-refractivity contribution in [1.82, 2.24) is 15.0 Å². The van der Waals surface area contributed by atoms with Gasteiger partial charge in [-0.1, -0.05) is 123 Å². The third-order valence-electron chi connectivity index (χ3n) is 9.39. The molecule has 1 aliphatic carbocycles. The summed E-state index contributed by atoms with van der Waals surface area (Å²) in [7, 11) is 0. The molecule has 232 valence electrons. The third kappa shape index (κ3) is 4.67. The molecule has 0 saturated heterocycles. The van der Waals surface area contributed by atoms with Crippen LogP contribution in [0.2, 0.25) is 0 Å². The molecule has 0 fully saturated rings. The van der Waals surface area contributed by atoms with E-state index in [1.165, 1.54) is 9.79 Å². The lowest BCUT2D eigenvalue weighted by Crippen LogP contribution is -2.26. The van der Waals surface area contributed by atoms with Crippen molar-refractivity contribution in [2.24, 2.45) is 0 Å². The SMILES string of the molecule is CC1(C)c2cccc(-c3nc(C4=CCCC=C4)nc(-c4ccccc4)n3)c2Oc2c(N3c4ccccc4Sc4ccccc43)cccc21. The smallest absolute Gasteiger partial charge is 0.167 e. The number of fused-ring (bicyclic) bond motifs is 4. The van der Waals surface area contributed by atoms with Gasteiger partial charge in [-0.2, -0.15) is 0 Å². The summed E-state index contributed by atoms with van der Waals surface area (Å²) < 4.78 is 7.17. The zero-order valence-electron chi connectivity index (χ0n) is 26.7. The van der Waals surface area contributed by atoms with Gasteiger partial charge in [-0.3, -0.25) is 0 Å². The molecule has 0 radical (unpaired) electrons. The van der Waals surface area contributed by atoms with Crippen molar-refractivity contribution in [2.45, 2.75) is 41.9 Å². The second kappa shape index (κ2) is 11.4. The number of rotatable bonds is 4. The van der Waals surface area contributed by atoms with E-state index in [1.54, 1.807) is 11.8 Å². The monoisotopic (exact) mass is 640 g/mol. The average Bonchev–Trinajstić information content (AvgIpc) is 3.14. The van der Waals surface area contributed by atoms with E-state index in [2.05, 4.69) is 122 Å². The van der Waals surface area contributed by atoms with Gasteiger partial charge in [0.15, 0.2) is 23.2 Å². The Morgan fingerprint density at radius 1 is 0.604 bits per heavy atom. The number of para-hydroxylation sites is 4. The fourth-order valence-electron chi connectivity index (χ4n) is 6.95. The Hall–Kier alpha value is -5.46. The normalized spacial score (nSPS) is 15.4. The molecule has 1 aromatic heterocycles. The van der Waals surface area contributed by atoms with E-state index in [1.807, 2.05) is 30.3 Å². The molecule has 0 unspecified atom stereocenters. The molecule has 0 amide bonds. The van der Waals surface area contributed by atoms with Gasteiger partial charge >= 0.3 is 0 Å². The minimum absolute atomic E-state index is 0.356. The van der Waals surface area contributed by atoms with Crippen LogP contribution in [0, 0.1) is 0 Å². The Kier molecular flexibility index (Phi) is 6.80. The molecule has 3 aliphatic rings. The van der Waals surface area contributed by atoms with Crippen molar-refractivity contribution < 1.29 is 4.74 Å². The Morgan fingerprint density at radius 3 is 1.96 bits per heavy atom. The summed E-state index contributed by atoms with van der Waals surface area (Å²) >= 11 is 1.80. The predicted molar refractivity (Wildman–Crippen MR) is 194 cm³/mol. The van der Waals surface area contributed by atoms with Gasteiger partial charge in [-0.15, -0.1) is 0 Å². The van der Waals surface area contributed by atoms with Crippen LogP contribution < -0.4 is 9.64 Å². The first-order valence-electron chi connectivity index (χ1n) is 16.4. The average molecular weight is 641 g/mol. The largest absolute Gasteiger partial charge is 0.454 e. The Labute approximate surface area is 284 Å². The van der Waals surface area contributed by atoms with E-state index >= 15 is 0 Å². The first kappa shape index (κ1) is 28.7. The number of ether oxygens (including phenoxy) is 1. The van der Waals surface area contributed by atoms with Gasteiger partial charge in [-0.05, 0) is 49.2 Å². The third-order valence-corrected chi connectivity index (χ3v) is 10.5. The lowest BCUT2D eigenvalue weighted by molar-refractivity contribution is 0.420. The van der Waals surface area contributed by atoms with Crippen molar-refractivity contribution in [3.8, 4) is 34.3 Å². The van der Waals surface area contributed by atoms with Crippen molar-refractivity contribution in [1.29, 1.82) is 0 Å². The summed E-state index contributed by atoms with van der Waals surface area (Å²) in [6, 6.07) is 40.2. The van der Waals surface area contributed by atoms with Crippen LogP contribution in [-0.4, -0.2) is 15.0 Å². The quantitative estimate of drug-likeness (QED) is 0.191. The molecular weight excluding hydrogens is 609 g/mol. The zero-order valence-corrected chi connectivity index (χ0v) is 27.5. The van der Waals surface area contributed by atoms with E-state index < -0.39 is 0 Å². The number of benzene rings is 5. The Balaban J connectivity index is 1.24. The molecule has 3 heterocycles. The van der Waals surface area contributed by atoms with Gasteiger partial charge in [0.2, 0.25) is 0 Å². The van der Waals surface area contributed by atoms with Gasteiger partial charge in [0, 0.05) is 37.5 Å². The zero-order chi connectivity index (χ0) is 32.2. The number of aromatic nitrogens is 3. The Morgan fingerprint density at radius 2 is 1.23 bits per heavy atom. The van der Waals surface area contributed by atoms with E-state index in [9.17, 15) is 0 Å². The Bertz CT molecular complexity index is 2250. The van der Waals surface area contributed by atoms with Crippen LogP contribution in [-0.2, 0) is 5.41 Å². The number of hydrogen-bond acceptors (Lipinski definition) is 6. The van der Waals surface area contributed by atoms with Crippen LogP contribution >= 0.6 is 11.8 Å². The summed E-state index contributed by atoms with van der Waals surface area (Å²) in [5.74, 6) is 3.53. The maximum atomic E-state index is 7.17. The fraction of sp³-hybridized carbons (Fsp3) is 0.119. The summed E-state index contributed by atoms with van der Waals surface area (Å²) in [5.41, 5.74) is 7.96. The fourth-order valence-corrected chi connectivity index (χ4v) is 8.01. The molecule has 0 N–H and O–H groups in total. The van der Waals surface area contributed by atoms with Crippen LogP contribution in [0.5, 0.6) is 11.5 Å². The number of nitrogens with zero attached hydrogens (tertiary/aromatic N) is 4. The first-order chi connectivity index (χ1) is 23.6. The molecule has 48 heavy (non-hydrogen) atoms. The molecule has 2 aliphatic heterocycles. The van der Waals surface area contributed by atoms with Crippen molar-refractivity contribution >= 4 is 34.4 Å². The van der Waals surface area contributed by atoms with E-state index in [0.29, 0.717) is 17.5 Å². The number of allylic oxidation sites excluding steroid dienone is 4. The summed E-state index contributed by atoms with van der Waals surface area (Å²) in [6.45, 7) is 4.56. The maximum Gasteiger partial charge on any atom is 0.167 e. The molecule has 5 nitrogen and oxygen atoms in total. The molecule has 0 atom stereocenters. The number of hydrogen-bond donors (Lipinski definition) is 0. The highest BCUT2D eigenvalue weighted by Crippen LogP contribution is 2.58. The standard InChI is InChI=1S/C42H32N4OS/c1-42(2)30-20-13-19-29(41-44-39(27-15-5-3-6-16-27)43-40(45-41)28-17-7-4-8-18-28)37(30)47-38-31(42)21-14-24-34(38)46-32-22-9-11-25-35(32)48-36-26-12-10-23-33(36)46/h3,5-7,9-26H,4,8H2,1-2H3. The summed E-state index contributed by atoms with van der Waals surface area (Å²) in [4.78, 5) is 19.9. The van der Waals surface area contributed by atoms with Crippen LogP contribution in [0.1, 0.15) is 43.6 Å². The van der Waals surface area contributed by atoms with Gasteiger partial charge in [0.25, 0.3) is 0 Å². The van der Waals surface area contributed by atoms with Gasteiger partial charge in [-0.25, -0.2) is 15.0 Å². The highest BCUT2D eigenvalue weighted by Gasteiger charge is 2.39. The minimum atomic E-state index is -0.356. The van der Waals surface area contributed by atoms with Crippen molar-refractivity contribution in [3.05, 3.63) is 150 Å². The van der Waals surface area contributed by atoms with Gasteiger partial charge in [0.1, 0.15) is 5.75 Å². The number of anilines is 3. The van der Waals surface area contributed by atoms with Gasteiger partial charge in [0.05, 0.1) is 22.6 Å². The lowest BCUT2D eigenvalue weighted by Gasteiger charge is -2.39. The maximum absolute atomic E-state index is 7.17. The highest BCUT2D eigenvalue weighted by molar-refractivity contribution is 7.99. The molecule has 9 rings (SSSR count). The lowest BCUT2D eigenvalue weighted by atomic mass is 9.75. The van der Waals surface area contributed by atoms with Crippen LogP contribution in [0.4, 0.5) is 17.1 Å². The molecule has 5 aromatic carbocycles. The summed E-state index contributed by atoms with van der Waals surface area (Å²) in [5, 5.41) is 0. The van der Waals surface area contributed by atoms with Crippen LogP contribution in [0.15, 0.2) is 143 Å². The van der Waals surface area contributed by atoms with Crippen LogP contribution in [0.3, 0.4) is 0 Å². The first-order valence-corrected chi connectivity index (χ1v) is 17.2. The molecule has 6 aromatic rings. The van der Waals surface area contributed by atoms with Crippen LogP contribution in [0.25, 0.3) is 28.3 Å². The van der Waals surface area contributed by atoms with E-state index in [4.69, 9.17) is 19.7 Å². The molecule has 0 spiro atoms.